The fourth-order valence-electron chi connectivity index (χ4n) is 2.94. The summed E-state index contributed by atoms with van der Waals surface area (Å²) in [4.78, 5) is 16.3. The highest BCUT2D eigenvalue weighted by Crippen LogP contribution is 2.30. The van der Waals surface area contributed by atoms with E-state index in [1.54, 1.807) is 12.1 Å². The Kier molecular flexibility index (Phi) is 7.17. The van der Waals surface area contributed by atoms with Gasteiger partial charge < -0.3 is 5.32 Å². The lowest BCUT2D eigenvalue weighted by Gasteiger charge is -2.14. The first-order chi connectivity index (χ1) is 15.7. The van der Waals surface area contributed by atoms with Crippen LogP contribution in [0.2, 0.25) is 5.02 Å². The highest BCUT2D eigenvalue weighted by Gasteiger charge is 2.35. The van der Waals surface area contributed by atoms with Gasteiger partial charge in [-0.3, -0.25) is 9.52 Å². The second-order valence-corrected chi connectivity index (χ2v) is 9.51. The highest BCUT2D eigenvalue weighted by molar-refractivity contribution is 7.92. The summed E-state index contributed by atoms with van der Waals surface area (Å²) in [7, 11) is -3.76. The molecular formula is C20H18ClF4N5O3S. The van der Waals surface area contributed by atoms with Crippen molar-refractivity contribution in [3.05, 3.63) is 70.4 Å². The number of aromatic nitrogens is 3. The number of pyridine rings is 1. The SMILES string of the molecule is CC(C(=O)NCc1cc(C(F)(F)F)nn1-c1cccc(Cl)c1)c1cnc(NS(C)(=O)=O)c(F)c1. The molecule has 0 spiro atoms. The molecule has 14 heteroatoms. The molecule has 1 amide bonds. The van der Waals surface area contributed by atoms with E-state index >= 15 is 0 Å². The van der Waals surface area contributed by atoms with Crippen molar-refractivity contribution in [2.45, 2.75) is 25.6 Å². The minimum Gasteiger partial charge on any atom is -0.350 e. The van der Waals surface area contributed by atoms with Crippen molar-refractivity contribution >= 4 is 33.3 Å². The first-order valence-corrected chi connectivity index (χ1v) is 11.8. The number of amides is 1. The van der Waals surface area contributed by atoms with Crippen molar-refractivity contribution in [1.29, 1.82) is 0 Å². The molecule has 182 valence electrons. The summed E-state index contributed by atoms with van der Waals surface area (Å²) in [6.45, 7) is 1.12. The molecule has 0 fully saturated rings. The van der Waals surface area contributed by atoms with Gasteiger partial charge in [-0.2, -0.15) is 18.3 Å². The summed E-state index contributed by atoms with van der Waals surface area (Å²) in [6, 6.07) is 7.77. The van der Waals surface area contributed by atoms with E-state index in [-0.39, 0.29) is 28.5 Å². The molecule has 1 aromatic carbocycles. The van der Waals surface area contributed by atoms with Crippen LogP contribution in [-0.4, -0.2) is 35.3 Å². The summed E-state index contributed by atoms with van der Waals surface area (Å²) in [5, 5.41) is 6.37. The lowest BCUT2D eigenvalue weighted by Crippen LogP contribution is -2.28. The van der Waals surface area contributed by atoms with E-state index in [0.29, 0.717) is 0 Å². The van der Waals surface area contributed by atoms with Crippen LogP contribution in [0.15, 0.2) is 42.6 Å². The van der Waals surface area contributed by atoms with E-state index in [9.17, 15) is 30.8 Å². The zero-order valence-corrected chi connectivity index (χ0v) is 19.3. The van der Waals surface area contributed by atoms with E-state index in [1.807, 2.05) is 4.72 Å². The maximum absolute atomic E-state index is 14.2. The number of anilines is 1. The van der Waals surface area contributed by atoms with Crippen LogP contribution < -0.4 is 10.0 Å². The normalized spacial score (nSPS) is 12.9. The standard InChI is InChI=1S/C20H18ClF4N5O3S/c1-11(12-6-16(22)18(26-9-12)29-34(2,32)33)19(31)27-10-15-8-17(20(23,24)25)28-30(15)14-5-3-4-13(21)7-14/h3-9,11H,10H2,1-2H3,(H,26,29)(H,27,31). The van der Waals surface area contributed by atoms with Crippen LogP contribution in [0.5, 0.6) is 0 Å². The largest absolute Gasteiger partial charge is 0.435 e. The average Bonchev–Trinajstić information content (AvgIpc) is 3.17. The summed E-state index contributed by atoms with van der Waals surface area (Å²) in [5.74, 6) is -3.09. The molecule has 1 atom stereocenters. The maximum Gasteiger partial charge on any atom is 0.435 e. The molecule has 0 saturated heterocycles. The second-order valence-electron chi connectivity index (χ2n) is 7.32. The number of alkyl halides is 3. The van der Waals surface area contributed by atoms with Gasteiger partial charge >= 0.3 is 6.18 Å². The molecule has 2 N–H and O–H groups in total. The first-order valence-electron chi connectivity index (χ1n) is 9.57. The van der Waals surface area contributed by atoms with E-state index in [0.717, 1.165) is 29.3 Å². The van der Waals surface area contributed by atoms with Crippen LogP contribution in [-0.2, 0) is 27.5 Å². The molecule has 2 heterocycles. The van der Waals surface area contributed by atoms with Crippen LogP contribution in [0.25, 0.3) is 5.69 Å². The molecule has 3 rings (SSSR count). The molecular weight excluding hydrogens is 502 g/mol. The summed E-state index contributed by atoms with van der Waals surface area (Å²) < 4.78 is 79.3. The zero-order chi connectivity index (χ0) is 25.3. The molecule has 8 nitrogen and oxygen atoms in total. The number of carbonyl (C=O) groups excluding carboxylic acids is 1. The molecule has 0 radical (unpaired) electrons. The minimum atomic E-state index is -4.71. The van der Waals surface area contributed by atoms with E-state index in [2.05, 4.69) is 15.4 Å². The summed E-state index contributed by atoms with van der Waals surface area (Å²) in [6.07, 6.45) is -2.75. The van der Waals surface area contributed by atoms with Gasteiger partial charge in [0.05, 0.1) is 30.1 Å². The Morgan fingerprint density at radius 1 is 1.24 bits per heavy atom. The number of nitrogens with one attached hydrogen (secondary N) is 2. The molecule has 34 heavy (non-hydrogen) atoms. The highest BCUT2D eigenvalue weighted by atomic mass is 35.5. The molecule has 0 saturated carbocycles. The number of benzene rings is 1. The molecule has 3 aromatic rings. The van der Waals surface area contributed by atoms with Gasteiger partial charge in [0.1, 0.15) is 0 Å². The van der Waals surface area contributed by atoms with Crippen molar-refractivity contribution < 1.29 is 30.8 Å². The fraction of sp³-hybridized carbons (Fsp3) is 0.250. The van der Waals surface area contributed by atoms with Gasteiger partial charge in [0.25, 0.3) is 0 Å². The third-order valence-electron chi connectivity index (χ3n) is 4.61. The molecule has 0 aliphatic carbocycles. The number of nitrogens with zero attached hydrogens (tertiary/aromatic N) is 3. The number of rotatable bonds is 7. The minimum absolute atomic E-state index is 0.0344. The number of hydrogen-bond acceptors (Lipinski definition) is 5. The Balaban J connectivity index is 1.80. The Morgan fingerprint density at radius 3 is 2.53 bits per heavy atom. The Hall–Kier alpha value is -3.19. The lowest BCUT2D eigenvalue weighted by molar-refractivity contribution is -0.141. The summed E-state index contributed by atoms with van der Waals surface area (Å²) >= 11 is 5.93. The number of sulfonamides is 1. The van der Waals surface area contributed by atoms with Crippen molar-refractivity contribution in [2.24, 2.45) is 0 Å². The lowest BCUT2D eigenvalue weighted by atomic mass is 10.0. The van der Waals surface area contributed by atoms with E-state index < -0.39 is 45.4 Å². The molecule has 1 unspecified atom stereocenters. The quantitative estimate of drug-likeness (QED) is 0.461. The second kappa shape index (κ2) is 9.58. The molecule has 0 bridgehead atoms. The average molecular weight is 520 g/mol. The van der Waals surface area contributed by atoms with Crippen molar-refractivity contribution in [3.8, 4) is 5.69 Å². The maximum atomic E-state index is 14.2. The van der Waals surface area contributed by atoms with Crippen molar-refractivity contribution in [2.75, 3.05) is 11.0 Å². The topological polar surface area (TPSA) is 106 Å². The first kappa shape index (κ1) is 25.4. The third-order valence-corrected chi connectivity index (χ3v) is 5.41. The van der Waals surface area contributed by atoms with Crippen LogP contribution >= 0.6 is 11.6 Å². The van der Waals surface area contributed by atoms with Crippen LogP contribution in [0.1, 0.15) is 29.8 Å². The van der Waals surface area contributed by atoms with Gasteiger partial charge in [0.15, 0.2) is 17.3 Å². The third kappa shape index (κ3) is 6.23. The van der Waals surface area contributed by atoms with E-state index in [4.69, 9.17) is 11.6 Å². The number of halogens is 5. The van der Waals surface area contributed by atoms with Gasteiger partial charge in [-0.1, -0.05) is 17.7 Å². The predicted molar refractivity (Wildman–Crippen MR) is 116 cm³/mol. The Bertz CT molecular complexity index is 1330. The van der Waals surface area contributed by atoms with Crippen molar-refractivity contribution in [1.82, 2.24) is 20.1 Å². The fourth-order valence-corrected chi connectivity index (χ4v) is 3.62. The monoisotopic (exact) mass is 519 g/mol. The van der Waals surface area contributed by atoms with Gasteiger partial charge in [-0.15, -0.1) is 0 Å². The number of carbonyl (C=O) groups is 1. The van der Waals surface area contributed by atoms with Crippen LogP contribution in [0.4, 0.5) is 23.4 Å². The van der Waals surface area contributed by atoms with Crippen LogP contribution in [0.3, 0.4) is 0 Å². The predicted octanol–water partition coefficient (Wildman–Crippen LogP) is 3.87. The zero-order valence-electron chi connectivity index (χ0n) is 17.7. The smallest absolute Gasteiger partial charge is 0.350 e. The van der Waals surface area contributed by atoms with Crippen LogP contribution in [0, 0.1) is 5.82 Å². The van der Waals surface area contributed by atoms with Crippen molar-refractivity contribution in [3.63, 3.8) is 0 Å². The molecule has 0 aliphatic heterocycles. The van der Waals surface area contributed by atoms with Gasteiger partial charge in [0.2, 0.25) is 15.9 Å². The number of hydrogen-bond donors (Lipinski definition) is 2. The Morgan fingerprint density at radius 2 is 1.94 bits per heavy atom. The molecule has 0 aliphatic rings. The van der Waals surface area contributed by atoms with E-state index in [1.165, 1.54) is 19.1 Å². The summed E-state index contributed by atoms with van der Waals surface area (Å²) in [5.41, 5.74) is -0.717. The van der Waals surface area contributed by atoms with Gasteiger partial charge in [-0.05, 0) is 42.8 Å². The van der Waals surface area contributed by atoms with Gasteiger partial charge in [0, 0.05) is 11.2 Å². The Labute approximate surface area is 197 Å². The van der Waals surface area contributed by atoms with Gasteiger partial charge in [-0.25, -0.2) is 22.5 Å². The molecule has 2 aromatic heterocycles.